The first kappa shape index (κ1) is 9.77. The van der Waals surface area contributed by atoms with Gasteiger partial charge in [-0.05, 0) is 19.9 Å². The molecule has 2 saturated heterocycles. The quantitative estimate of drug-likeness (QED) is 0.580. The van der Waals surface area contributed by atoms with Crippen LogP contribution >= 0.6 is 12.8 Å². The first-order chi connectivity index (χ1) is 6.20. The van der Waals surface area contributed by atoms with Gasteiger partial charge in [0, 0.05) is 26.2 Å². The lowest BCUT2D eigenvalue weighted by Gasteiger charge is -2.45. The van der Waals surface area contributed by atoms with Crippen molar-refractivity contribution in [3.8, 4) is 0 Å². The molecule has 2 aliphatic heterocycles. The number of hydrogen-bond acceptors (Lipinski definition) is 4. The molecular weight excluding hydrogens is 184 g/mol. The Morgan fingerprint density at radius 1 is 1.23 bits per heavy atom. The van der Waals surface area contributed by atoms with Crippen LogP contribution in [0.4, 0.5) is 0 Å². The van der Waals surface area contributed by atoms with E-state index in [1.54, 1.807) is 0 Å². The molecule has 0 bridgehead atoms. The van der Waals surface area contributed by atoms with Crippen LogP contribution in [0.3, 0.4) is 0 Å². The van der Waals surface area contributed by atoms with Gasteiger partial charge >= 0.3 is 0 Å². The van der Waals surface area contributed by atoms with Gasteiger partial charge in [0.15, 0.2) is 0 Å². The molecule has 0 N–H and O–H groups in total. The lowest BCUT2D eigenvalue weighted by atomic mass is 9.90. The van der Waals surface area contributed by atoms with Crippen LogP contribution in [0.2, 0.25) is 0 Å². The lowest BCUT2D eigenvalue weighted by Crippen LogP contribution is -2.54. The van der Waals surface area contributed by atoms with Crippen LogP contribution < -0.4 is 0 Å². The predicted octanol–water partition coefficient (Wildman–Crippen LogP) is 0.628. The molecule has 2 aliphatic rings. The van der Waals surface area contributed by atoms with Crippen molar-refractivity contribution in [3.63, 3.8) is 0 Å². The summed E-state index contributed by atoms with van der Waals surface area (Å²) in [7, 11) is 2.18. The van der Waals surface area contributed by atoms with Crippen molar-refractivity contribution in [2.24, 2.45) is 0 Å². The Kier molecular flexibility index (Phi) is 2.83. The minimum atomic E-state index is 0.145. The number of ether oxygens (including phenoxy) is 1. The van der Waals surface area contributed by atoms with E-state index in [0.29, 0.717) is 0 Å². The molecule has 0 aromatic carbocycles. The number of hydrogen-bond donors (Lipinski definition) is 1. The van der Waals surface area contributed by atoms with Gasteiger partial charge in [-0.3, -0.25) is 4.31 Å². The summed E-state index contributed by atoms with van der Waals surface area (Å²) in [5, 5.41) is 0. The van der Waals surface area contributed by atoms with Gasteiger partial charge in [-0.1, -0.05) is 12.8 Å². The second kappa shape index (κ2) is 3.77. The van der Waals surface area contributed by atoms with Crippen LogP contribution in [-0.4, -0.2) is 54.6 Å². The molecule has 0 amide bonds. The second-order valence-corrected chi connectivity index (χ2v) is 4.79. The number of piperidine rings is 1. The van der Waals surface area contributed by atoms with Crippen LogP contribution in [0.5, 0.6) is 0 Å². The Hall–Kier alpha value is 0.230. The molecule has 13 heavy (non-hydrogen) atoms. The summed E-state index contributed by atoms with van der Waals surface area (Å²) in [6.45, 7) is 5.16. The minimum absolute atomic E-state index is 0.145. The molecule has 0 radical (unpaired) electrons. The van der Waals surface area contributed by atoms with Gasteiger partial charge in [-0.2, -0.15) is 0 Å². The van der Waals surface area contributed by atoms with E-state index in [1.807, 2.05) is 0 Å². The van der Waals surface area contributed by atoms with E-state index in [4.69, 9.17) is 4.74 Å². The molecule has 2 rings (SSSR count). The van der Waals surface area contributed by atoms with E-state index in [2.05, 4.69) is 29.1 Å². The third kappa shape index (κ3) is 2.18. The number of nitrogens with zero attached hydrogens (tertiary/aromatic N) is 2. The highest BCUT2D eigenvalue weighted by atomic mass is 32.1. The third-order valence-corrected chi connectivity index (χ3v) is 3.49. The SMILES string of the molecule is CN1CCOC2(CCN(S)CC2)C1. The van der Waals surface area contributed by atoms with E-state index in [9.17, 15) is 0 Å². The molecule has 76 valence electrons. The average molecular weight is 202 g/mol. The summed E-state index contributed by atoms with van der Waals surface area (Å²) in [5.41, 5.74) is 0.145. The lowest BCUT2D eigenvalue weighted by molar-refractivity contribution is -0.123. The molecule has 3 nitrogen and oxygen atoms in total. The minimum Gasteiger partial charge on any atom is -0.372 e. The van der Waals surface area contributed by atoms with Crippen LogP contribution in [0.15, 0.2) is 0 Å². The Labute approximate surface area is 85.6 Å². The zero-order valence-corrected chi connectivity index (χ0v) is 9.09. The van der Waals surface area contributed by atoms with Crippen molar-refractivity contribution in [2.75, 3.05) is 39.8 Å². The first-order valence-corrected chi connectivity index (χ1v) is 5.37. The van der Waals surface area contributed by atoms with E-state index in [1.165, 1.54) is 0 Å². The molecule has 2 heterocycles. The van der Waals surface area contributed by atoms with Crippen LogP contribution in [-0.2, 0) is 4.74 Å². The molecule has 0 aliphatic carbocycles. The summed E-state index contributed by atoms with van der Waals surface area (Å²) >= 11 is 4.35. The normalized spacial score (nSPS) is 30.9. The third-order valence-electron chi connectivity index (χ3n) is 3.09. The van der Waals surface area contributed by atoms with Gasteiger partial charge in [-0.25, -0.2) is 0 Å². The highest BCUT2D eigenvalue weighted by Crippen LogP contribution is 2.29. The summed E-state index contributed by atoms with van der Waals surface area (Å²) in [4.78, 5) is 2.37. The molecule has 0 aromatic heterocycles. The van der Waals surface area contributed by atoms with Crippen LogP contribution in [0.25, 0.3) is 0 Å². The van der Waals surface area contributed by atoms with Gasteiger partial charge in [-0.15, -0.1) is 0 Å². The molecule has 0 unspecified atom stereocenters. The van der Waals surface area contributed by atoms with Gasteiger partial charge in [0.25, 0.3) is 0 Å². The molecule has 4 heteroatoms. The Balaban J connectivity index is 1.95. The maximum atomic E-state index is 5.92. The van der Waals surface area contributed by atoms with E-state index in [0.717, 1.165) is 45.6 Å². The van der Waals surface area contributed by atoms with E-state index in [-0.39, 0.29) is 5.60 Å². The maximum Gasteiger partial charge on any atom is 0.0834 e. The van der Waals surface area contributed by atoms with Crippen LogP contribution in [0, 0.1) is 0 Å². The van der Waals surface area contributed by atoms with Gasteiger partial charge < -0.3 is 9.64 Å². The van der Waals surface area contributed by atoms with Gasteiger partial charge in [0.1, 0.15) is 0 Å². The number of thiol groups is 1. The fourth-order valence-electron chi connectivity index (χ4n) is 2.24. The summed E-state index contributed by atoms with van der Waals surface area (Å²) in [5.74, 6) is 0. The van der Waals surface area contributed by atoms with Crippen molar-refractivity contribution < 1.29 is 4.74 Å². The zero-order valence-electron chi connectivity index (χ0n) is 8.20. The fourth-order valence-corrected chi connectivity index (χ4v) is 2.44. The van der Waals surface area contributed by atoms with E-state index >= 15 is 0 Å². The van der Waals surface area contributed by atoms with Crippen molar-refractivity contribution >= 4 is 12.8 Å². The Morgan fingerprint density at radius 2 is 1.92 bits per heavy atom. The van der Waals surface area contributed by atoms with Crippen molar-refractivity contribution in [1.82, 2.24) is 9.21 Å². The van der Waals surface area contributed by atoms with Crippen LogP contribution in [0.1, 0.15) is 12.8 Å². The number of morpholine rings is 1. The largest absolute Gasteiger partial charge is 0.372 e. The fraction of sp³-hybridized carbons (Fsp3) is 1.00. The topological polar surface area (TPSA) is 15.7 Å². The summed E-state index contributed by atoms with van der Waals surface area (Å²) < 4.78 is 8.01. The van der Waals surface area contributed by atoms with Crippen molar-refractivity contribution in [1.29, 1.82) is 0 Å². The average Bonchev–Trinajstić information content (AvgIpc) is 2.11. The monoisotopic (exact) mass is 202 g/mol. The van der Waals surface area contributed by atoms with Crippen molar-refractivity contribution in [2.45, 2.75) is 18.4 Å². The number of likely N-dealkylation sites (N-methyl/N-ethyl adjacent to an activating group) is 1. The molecule has 1 spiro atoms. The second-order valence-electron chi connectivity index (χ2n) is 4.22. The van der Waals surface area contributed by atoms with Crippen molar-refractivity contribution in [3.05, 3.63) is 0 Å². The highest BCUT2D eigenvalue weighted by molar-refractivity contribution is 7.77. The molecule has 0 atom stereocenters. The molecule has 0 aromatic rings. The highest BCUT2D eigenvalue weighted by Gasteiger charge is 2.38. The molecule has 2 fully saturated rings. The number of rotatable bonds is 0. The zero-order chi connectivity index (χ0) is 9.31. The maximum absolute atomic E-state index is 5.92. The Bertz CT molecular complexity index is 180. The standard InChI is InChI=1S/C9H18N2OS/c1-10-6-7-12-9(8-10)2-4-11(13)5-3-9/h13H,2-8H2,1H3. The smallest absolute Gasteiger partial charge is 0.0834 e. The van der Waals surface area contributed by atoms with Gasteiger partial charge in [0.2, 0.25) is 0 Å². The Morgan fingerprint density at radius 3 is 2.54 bits per heavy atom. The first-order valence-electron chi connectivity index (χ1n) is 4.97. The van der Waals surface area contributed by atoms with Gasteiger partial charge in [0.05, 0.1) is 12.2 Å². The van der Waals surface area contributed by atoms with E-state index < -0.39 is 0 Å². The summed E-state index contributed by atoms with van der Waals surface area (Å²) in [6, 6.07) is 0. The molecule has 0 saturated carbocycles. The predicted molar refractivity (Wildman–Crippen MR) is 56.0 cm³/mol. The summed E-state index contributed by atoms with van der Waals surface area (Å²) in [6.07, 6.45) is 2.25. The molecular formula is C9H18N2OS.